The lowest BCUT2D eigenvalue weighted by atomic mass is 10.5. The molecule has 92 valence electrons. The van der Waals surface area contributed by atoms with Gasteiger partial charge in [-0.15, -0.1) is 0 Å². The minimum Gasteiger partial charge on any atom is -0.447 e. The molecule has 0 aromatic rings. The Kier molecular flexibility index (Phi) is 6.25. The Morgan fingerprint density at radius 1 is 1.56 bits per heavy atom. The van der Waals surface area contributed by atoms with Crippen LogP contribution in [0, 0.1) is 0 Å². The highest BCUT2D eigenvalue weighted by Gasteiger charge is 2.24. The molecule has 1 aliphatic rings. The molecule has 1 aliphatic heterocycles. The lowest BCUT2D eigenvalue weighted by molar-refractivity contribution is -0.110. The minimum atomic E-state index is -0.483. The summed E-state index contributed by atoms with van der Waals surface area (Å²) in [5, 5.41) is 2.63. The number of rotatable bonds is 7. The fourth-order valence-electron chi connectivity index (χ4n) is 0.939. The van der Waals surface area contributed by atoms with Gasteiger partial charge in [-0.1, -0.05) is 18.7 Å². The number of hydrogen-bond acceptors (Lipinski definition) is 5. The third-order valence-corrected chi connectivity index (χ3v) is 3.01. The summed E-state index contributed by atoms with van der Waals surface area (Å²) in [6.07, 6.45) is 0.920. The normalized spacial score (nSPS) is 17.9. The Labute approximate surface area is 99.2 Å². The van der Waals surface area contributed by atoms with Crippen LogP contribution in [0.15, 0.2) is 0 Å². The summed E-state index contributed by atoms with van der Waals surface area (Å²) in [5.74, 6) is 0.836. The van der Waals surface area contributed by atoms with E-state index in [0.29, 0.717) is 26.2 Å². The zero-order valence-corrected chi connectivity index (χ0v) is 10.2. The van der Waals surface area contributed by atoms with E-state index in [4.69, 9.17) is 9.47 Å². The topological polar surface area (TPSA) is 67.9 Å². The molecule has 0 aliphatic carbocycles. The third kappa shape index (κ3) is 6.68. The summed E-state index contributed by atoms with van der Waals surface area (Å²) >= 11 is 1.31. The number of nitrogens with one attached hydrogen (secondary N) is 1. The van der Waals surface area contributed by atoms with Crippen molar-refractivity contribution in [2.75, 3.05) is 25.5 Å². The van der Waals surface area contributed by atoms with Crippen LogP contribution in [0.4, 0.5) is 4.79 Å². The fourth-order valence-corrected chi connectivity index (χ4v) is 1.62. The summed E-state index contributed by atoms with van der Waals surface area (Å²) in [5.41, 5.74) is 0. The Bertz CT molecular complexity index is 243. The van der Waals surface area contributed by atoms with Gasteiger partial charge in [-0.3, -0.25) is 4.79 Å². The van der Waals surface area contributed by atoms with Gasteiger partial charge in [0.25, 0.3) is 0 Å². The molecule has 1 unspecified atom stereocenters. The average Bonchev–Trinajstić information content (AvgIpc) is 3.07. The van der Waals surface area contributed by atoms with Gasteiger partial charge in [-0.25, -0.2) is 4.79 Å². The van der Waals surface area contributed by atoms with Gasteiger partial charge in [0.2, 0.25) is 0 Å². The van der Waals surface area contributed by atoms with E-state index >= 15 is 0 Å². The van der Waals surface area contributed by atoms with Crippen LogP contribution < -0.4 is 5.32 Å². The molecule has 5 nitrogen and oxygen atoms in total. The Hall–Kier alpha value is -0.750. The van der Waals surface area contributed by atoms with Crippen molar-refractivity contribution in [3.8, 4) is 0 Å². The number of thioether (sulfide) groups is 1. The largest absolute Gasteiger partial charge is 0.447 e. The van der Waals surface area contributed by atoms with Gasteiger partial charge in [-0.2, -0.15) is 0 Å². The molecular weight excluding hydrogens is 230 g/mol. The van der Waals surface area contributed by atoms with Gasteiger partial charge in [-0.05, 0) is 6.42 Å². The number of epoxide rings is 1. The lowest BCUT2D eigenvalue weighted by Gasteiger charge is -2.04. The first kappa shape index (κ1) is 13.3. The van der Waals surface area contributed by atoms with Crippen molar-refractivity contribution in [2.24, 2.45) is 0 Å². The van der Waals surface area contributed by atoms with Crippen molar-refractivity contribution in [1.82, 2.24) is 5.32 Å². The molecular formula is C10H17NO4S. The lowest BCUT2D eigenvalue weighted by Crippen LogP contribution is -2.27. The van der Waals surface area contributed by atoms with Crippen LogP contribution in [-0.2, 0) is 14.3 Å². The molecule has 0 bridgehead atoms. The van der Waals surface area contributed by atoms with Gasteiger partial charge >= 0.3 is 6.09 Å². The van der Waals surface area contributed by atoms with Gasteiger partial charge in [0.05, 0.1) is 6.61 Å². The van der Waals surface area contributed by atoms with E-state index in [2.05, 4.69) is 5.32 Å². The molecule has 16 heavy (non-hydrogen) atoms. The van der Waals surface area contributed by atoms with Gasteiger partial charge < -0.3 is 14.8 Å². The first-order chi connectivity index (χ1) is 7.72. The molecule has 0 aromatic heterocycles. The summed E-state index contributed by atoms with van der Waals surface area (Å²) < 4.78 is 9.72. The minimum absolute atomic E-state index is 0.0764. The fraction of sp³-hybridized carbons (Fsp3) is 0.800. The number of carbonyl (C=O) groups excluding carboxylic acids is 2. The predicted molar refractivity (Wildman–Crippen MR) is 61.5 cm³/mol. The molecule has 0 saturated carbocycles. The van der Waals surface area contributed by atoms with Crippen molar-refractivity contribution < 1.29 is 19.1 Å². The SMILES string of the molecule is CCCSC(=O)CCNC(=O)OCC1CO1. The quantitative estimate of drug-likeness (QED) is 0.684. The summed E-state index contributed by atoms with van der Waals surface area (Å²) in [6, 6.07) is 0. The highest BCUT2D eigenvalue weighted by atomic mass is 32.2. The number of hydrogen-bond donors (Lipinski definition) is 1. The van der Waals surface area contributed by atoms with Crippen LogP contribution in [0.2, 0.25) is 0 Å². The highest BCUT2D eigenvalue weighted by Crippen LogP contribution is 2.08. The van der Waals surface area contributed by atoms with E-state index in [-0.39, 0.29) is 11.2 Å². The molecule has 1 saturated heterocycles. The maximum absolute atomic E-state index is 11.2. The van der Waals surface area contributed by atoms with Gasteiger partial charge in [0.15, 0.2) is 5.12 Å². The van der Waals surface area contributed by atoms with Crippen LogP contribution in [-0.4, -0.2) is 42.8 Å². The molecule has 0 aromatic carbocycles. The van der Waals surface area contributed by atoms with Crippen LogP contribution in [0.5, 0.6) is 0 Å². The van der Waals surface area contributed by atoms with Crippen molar-refractivity contribution in [3.63, 3.8) is 0 Å². The third-order valence-electron chi connectivity index (χ3n) is 1.87. The summed E-state index contributed by atoms with van der Waals surface area (Å²) in [4.78, 5) is 22.3. The van der Waals surface area contributed by atoms with Crippen molar-refractivity contribution in [2.45, 2.75) is 25.9 Å². The highest BCUT2D eigenvalue weighted by molar-refractivity contribution is 8.13. The van der Waals surface area contributed by atoms with Crippen LogP contribution in [0.25, 0.3) is 0 Å². The monoisotopic (exact) mass is 247 g/mol. The van der Waals surface area contributed by atoms with Gasteiger partial charge in [0.1, 0.15) is 12.7 Å². The van der Waals surface area contributed by atoms with Crippen molar-refractivity contribution >= 4 is 23.0 Å². The van der Waals surface area contributed by atoms with E-state index < -0.39 is 6.09 Å². The maximum Gasteiger partial charge on any atom is 0.407 e. The Morgan fingerprint density at radius 2 is 2.31 bits per heavy atom. The van der Waals surface area contributed by atoms with Crippen molar-refractivity contribution in [1.29, 1.82) is 0 Å². The van der Waals surface area contributed by atoms with E-state index in [0.717, 1.165) is 12.2 Å². The predicted octanol–water partition coefficient (Wildman–Crippen LogP) is 1.17. The number of alkyl carbamates (subject to hydrolysis) is 1. The number of ether oxygens (including phenoxy) is 2. The smallest absolute Gasteiger partial charge is 0.407 e. The number of carbonyl (C=O) groups is 2. The molecule has 1 N–H and O–H groups in total. The van der Waals surface area contributed by atoms with Crippen LogP contribution in [0.1, 0.15) is 19.8 Å². The second-order valence-corrected chi connectivity index (χ2v) is 4.60. The molecule has 1 amide bonds. The standard InChI is InChI=1S/C10H17NO4S/c1-2-5-16-9(12)3-4-11-10(13)15-7-8-6-14-8/h8H,2-7H2,1H3,(H,11,13). The summed E-state index contributed by atoms with van der Waals surface area (Å²) in [6.45, 7) is 3.32. The second kappa shape index (κ2) is 7.51. The average molecular weight is 247 g/mol. The molecule has 0 radical (unpaired) electrons. The van der Waals surface area contributed by atoms with Crippen LogP contribution >= 0.6 is 11.8 Å². The second-order valence-electron chi connectivity index (χ2n) is 3.45. The van der Waals surface area contributed by atoms with E-state index in [1.165, 1.54) is 11.8 Å². The first-order valence-electron chi connectivity index (χ1n) is 5.40. The molecule has 1 heterocycles. The molecule has 1 rings (SSSR count). The molecule has 1 atom stereocenters. The zero-order valence-electron chi connectivity index (χ0n) is 9.36. The molecule has 0 spiro atoms. The van der Waals surface area contributed by atoms with Crippen molar-refractivity contribution in [3.05, 3.63) is 0 Å². The maximum atomic E-state index is 11.2. The summed E-state index contributed by atoms with van der Waals surface area (Å²) in [7, 11) is 0. The Morgan fingerprint density at radius 3 is 2.94 bits per heavy atom. The first-order valence-corrected chi connectivity index (χ1v) is 6.38. The molecule has 6 heteroatoms. The molecule has 1 fully saturated rings. The number of amides is 1. The zero-order chi connectivity index (χ0) is 11.8. The van der Waals surface area contributed by atoms with Gasteiger partial charge in [0, 0.05) is 18.7 Å². The van der Waals surface area contributed by atoms with E-state index in [1.807, 2.05) is 6.92 Å². The van der Waals surface area contributed by atoms with E-state index in [1.54, 1.807) is 0 Å². The van der Waals surface area contributed by atoms with E-state index in [9.17, 15) is 9.59 Å². The van der Waals surface area contributed by atoms with Crippen LogP contribution in [0.3, 0.4) is 0 Å². The Balaban J connectivity index is 1.92.